The fourth-order valence-corrected chi connectivity index (χ4v) is 2.15. The van der Waals surface area contributed by atoms with Gasteiger partial charge in [0.25, 0.3) is 0 Å². The third-order valence-electron chi connectivity index (χ3n) is 1.80. The lowest BCUT2D eigenvalue weighted by atomic mass is 10.2. The maximum Gasteiger partial charge on any atom is 0.0966 e. The van der Waals surface area contributed by atoms with E-state index >= 15 is 0 Å². The summed E-state index contributed by atoms with van der Waals surface area (Å²) in [6, 6.07) is 12.2. The first-order valence-electron chi connectivity index (χ1n) is 4.24. The number of thiophene rings is 1. The third-order valence-corrected chi connectivity index (χ3v) is 2.84. The van der Waals surface area contributed by atoms with Crippen molar-refractivity contribution in [2.45, 2.75) is 6.42 Å². The van der Waals surface area contributed by atoms with Gasteiger partial charge in [0.1, 0.15) is 0 Å². The molecule has 1 nitrogen and oxygen atoms in total. The van der Waals surface area contributed by atoms with Gasteiger partial charge in [-0.05, 0) is 17.5 Å². The topological polar surface area (TPSA) is 23.8 Å². The van der Waals surface area contributed by atoms with Crippen molar-refractivity contribution in [3.63, 3.8) is 0 Å². The number of rotatable bonds is 0. The summed E-state index contributed by atoms with van der Waals surface area (Å²) in [5, 5.41) is 9.56. The second-order valence-electron chi connectivity index (χ2n) is 2.79. The molecule has 2 aromatic rings. The van der Waals surface area contributed by atoms with Crippen molar-refractivity contribution in [2.75, 3.05) is 0 Å². The van der Waals surface area contributed by atoms with E-state index < -0.39 is 0 Å². The summed E-state index contributed by atoms with van der Waals surface area (Å²) in [7, 11) is 0. The minimum absolute atomic E-state index is 0.300. The Kier molecular flexibility index (Phi) is 2.49. The highest BCUT2D eigenvalue weighted by atomic mass is 32.1. The van der Waals surface area contributed by atoms with Crippen LogP contribution in [-0.2, 0) is 0 Å². The first-order valence-corrected chi connectivity index (χ1v) is 5.06. The van der Waals surface area contributed by atoms with E-state index in [1.54, 1.807) is 11.3 Å². The molecule has 1 aromatic heterocycles. The van der Waals surface area contributed by atoms with Crippen molar-refractivity contribution in [1.29, 1.82) is 5.26 Å². The van der Waals surface area contributed by atoms with Gasteiger partial charge in [0.05, 0.1) is 17.4 Å². The Morgan fingerprint density at radius 2 is 2.14 bits per heavy atom. The van der Waals surface area contributed by atoms with E-state index in [4.69, 9.17) is 5.26 Å². The van der Waals surface area contributed by atoms with Crippen molar-refractivity contribution in [3.8, 4) is 17.9 Å². The molecule has 0 N–H and O–H groups in total. The smallest absolute Gasteiger partial charge is 0.0966 e. The van der Waals surface area contributed by atoms with Gasteiger partial charge in [0, 0.05) is 4.70 Å². The standard InChI is InChI=1S/C12H7NS/c13-8-4-3-6-11-9-10-5-1-2-7-12(10)14-11/h1-2,5,7,9H,4H2. The molecule has 0 aliphatic heterocycles. The Balaban J connectivity index is 2.38. The molecule has 0 saturated heterocycles. The molecule has 0 aliphatic carbocycles. The van der Waals surface area contributed by atoms with Crippen LogP contribution in [0, 0.1) is 23.2 Å². The van der Waals surface area contributed by atoms with Gasteiger partial charge < -0.3 is 0 Å². The molecule has 2 heteroatoms. The van der Waals surface area contributed by atoms with Crippen LogP contribution in [0.3, 0.4) is 0 Å². The monoisotopic (exact) mass is 197 g/mol. The van der Waals surface area contributed by atoms with Gasteiger partial charge in [0.2, 0.25) is 0 Å². The van der Waals surface area contributed by atoms with Gasteiger partial charge in [-0.3, -0.25) is 0 Å². The predicted molar refractivity (Wildman–Crippen MR) is 58.9 cm³/mol. The summed E-state index contributed by atoms with van der Waals surface area (Å²) in [5.41, 5.74) is 0. The van der Waals surface area contributed by atoms with Crippen LogP contribution < -0.4 is 0 Å². The Hall–Kier alpha value is -1.77. The van der Waals surface area contributed by atoms with Crippen LogP contribution in [-0.4, -0.2) is 0 Å². The predicted octanol–water partition coefficient (Wildman–Crippen LogP) is 3.17. The summed E-state index contributed by atoms with van der Waals surface area (Å²) >= 11 is 1.66. The zero-order chi connectivity index (χ0) is 9.80. The lowest BCUT2D eigenvalue weighted by Gasteiger charge is -1.82. The number of fused-ring (bicyclic) bond motifs is 1. The molecule has 14 heavy (non-hydrogen) atoms. The minimum atomic E-state index is 0.300. The second kappa shape index (κ2) is 3.96. The summed E-state index contributed by atoms with van der Waals surface area (Å²) in [5.74, 6) is 5.79. The molecular formula is C12H7NS. The summed E-state index contributed by atoms with van der Waals surface area (Å²) < 4.78 is 1.24. The molecule has 66 valence electrons. The minimum Gasteiger partial charge on any atom is -0.197 e. The highest BCUT2D eigenvalue weighted by molar-refractivity contribution is 7.19. The van der Waals surface area contributed by atoms with Crippen molar-refractivity contribution in [3.05, 3.63) is 35.2 Å². The number of hydrogen-bond donors (Lipinski definition) is 0. The molecule has 2 rings (SSSR count). The number of nitriles is 1. The normalized spacial score (nSPS) is 9.07. The van der Waals surface area contributed by atoms with E-state index in [1.807, 2.05) is 18.2 Å². The van der Waals surface area contributed by atoms with E-state index in [-0.39, 0.29) is 0 Å². The molecular weight excluding hydrogens is 190 g/mol. The van der Waals surface area contributed by atoms with Crippen LogP contribution in [0.2, 0.25) is 0 Å². The SMILES string of the molecule is N#CCC#Cc1cc2ccccc2s1. The molecule has 0 unspecified atom stereocenters. The van der Waals surface area contributed by atoms with E-state index in [2.05, 4.69) is 30.0 Å². The van der Waals surface area contributed by atoms with E-state index in [0.29, 0.717) is 6.42 Å². The van der Waals surface area contributed by atoms with Crippen molar-refractivity contribution < 1.29 is 0 Å². The van der Waals surface area contributed by atoms with Crippen LogP contribution in [0.1, 0.15) is 11.3 Å². The van der Waals surface area contributed by atoms with Gasteiger partial charge in [-0.1, -0.05) is 30.0 Å². The van der Waals surface area contributed by atoms with Crippen LogP contribution >= 0.6 is 11.3 Å². The fraction of sp³-hybridized carbons (Fsp3) is 0.0833. The van der Waals surface area contributed by atoms with Crippen molar-refractivity contribution in [2.24, 2.45) is 0 Å². The molecule has 1 heterocycles. The molecule has 0 bridgehead atoms. The first-order chi connectivity index (χ1) is 6.90. The lowest BCUT2D eigenvalue weighted by molar-refractivity contribution is 1.40. The fourth-order valence-electron chi connectivity index (χ4n) is 1.21. The van der Waals surface area contributed by atoms with E-state index in [9.17, 15) is 0 Å². The summed E-state index contributed by atoms with van der Waals surface area (Å²) in [6.45, 7) is 0. The average molecular weight is 197 g/mol. The summed E-state index contributed by atoms with van der Waals surface area (Å²) in [4.78, 5) is 1.03. The van der Waals surface area contributed by atoms with Gasteiger partial charge in [-0.25, -0.2) is 0 Å². The molecule has 0 atom stereocenters. The Bertz CT molecular complexity index is 516. The second-order valence-corrected chi connectivity index (χ2v) is 3.87. The lowest BCUT2D eigenvalue weighted by Crippen LogP contribution is -1.61. The van der Waals surface area contributed by atoms with Crippen LogP contribution in [0.25, 0.3) is 10.1 Å². The quantitative estimate of drug-likeness (QED) is 0.595. The molecule has 0 spiro atoms. The third kappa shape index (κ3) is 1.76. The summed E-state index contributed by atoms with van der Waals surface area (Å²) in [6.07, 6.45) is 0.300. The number of benzene rings is 1. The van der Waals surface area contributed by atoms with Gasteiger partial charge >= 0.3 is 0 Å². The van der Waals surface area contributed by atoms with Crippen LogP contribution in [0.4, 0.5) is 0 Å². The molecule has 0 radical (unpaired) electrons. The van der Waals surface area contributed by atoms with Gasteiger partial charge in [-0.15, -0.1) is 11.3 Å². The zero-order valence-corrected chi connectivity index (χ0v) is 8.27. The van der Waals surface area contributed by atoms with Crippen molar-refractivity contribution in [1.82, 2.24) is 0 Å². The Morgan fingerprint density at radius 3 is 2.93 bits per heavy atom. The zero-order valence-electron chi connectivity index (χ0n) is 7.45. The first kappa shape index (κ1) is 8.81. The highest BCUT2D eigenvalue weighted by Crippen LogP contribution is 2.24. The van der Waals surface area contributed by atoms with Gasteiger partial charge in [0.15, 0.2) is 0 Å². The molecule has 0 amide bonds. The molecule has 0 saturated carbocycles. The number of hydrogen-bond acceptors (Lipinski definition) is 2. The van der Waals surface area contributed by atoms with Crippen LogP contribution in [0.5, 0.6) is 0 Å². The molecule has 0 aliphatic rings. The average Bonchev–Trinajstić information content (AvgIpc) is 2.60. The largest absolute Gasteiger partial charge is 0.197 e. The highest BCUT2D eigenvalue weighted by Gasteiger charge is 1.96. The Morgan fingerprint density at radius 1 is 1.29 bits per heavy atom. The van der Waals surface area contributed by atoms with Gasteiger partial charge in [-0.2, -0.15) is 5.26 Å². The maximum absolute atomic E-state index is 8.33. The van der Waals surface area contributed by atoms with Crippen molar-refractivity contribution >= 4 is 21.4 Å². The van der Waals surface area contributed by atoms with E-state index in [1.165, 1.54) is 10.1 Å². The number of nitrogens with zero attached hydrogens (tertiary/aromatic N) is 1. The Labute approximate surface area is 86.6 Å². The van der Waals surface area contributed by atoms with Crippen LogP contribution in [0.15, 0.2) is 30.3 Å². The molecule has 0 fully saturated rings. The van der Waals surface area contributed by atoms with E-state index in [0.717, 1.165) is 4.88 Å². The molecule has 1 aromatic carbocycles. The maximum atomic E-state index is 8.33.